The van der Waals surface area contributed by atoms with Crippen molar-refractivity contribution in [3.8, 4) is 0 Å². The van der Waals surface area contributed by atoms with Crippen LogP contribution >= 0.6 is 0 Å². The van der Waals surface area contributed by atoms with Gasteiger partial charge in [-0.15, -0.1) is 0 Å². The van der Waals surface area contributed by atoms with Gasteiger partial charge in [-0.25, -0.2) is 4.98 Å². The molecule has 0 radical (unpaired) electrons. The third-order valence-electron chi connectivity index (χ3n) is 4.89. The molecule has 5 nitrogen and oxygen atoms in total. The van der Waals surface area contributed by atoms with Crippen LogP contribution in [0.3, 0.4) is 0 Å². The minimum absolute atomic E-state index is 0.817. The highest BCUT2D eigenvalue weighted by Gasteiger charge is 2.14. The molecule has 2 N–H and O–H groups in total. The lowest BCUT2D eigenvalue weighted by atomic mass is 10.1. The summed E-state index contributed by atoms with van der Waals surface area (Å²) in [6.45, 7) is 0. The van der Waals surface area contributed by atoms with Gasteiger partial charge < -0.3 is 15.2 Å². The van der Waals surface area contributed by atoms with Gasteiger partial charge in [0.15, 0.2) is 5.82 Å². The van der Waals surface area contributed by atoms with E-state index >= 15 is 0 Å². The summed E-state index contributed by atoms with van der Waals surface area (Å²) in [6.07, 6.45) is 3.72. The van der Waals surface area contributed by atoms with Crippen molar-refractivity contribution in [2.24, 2.45) is 0 Å². The lowest BCUT2D eigenvalue weighted by Crippen LogP contribution is -2.08. The van der Waals surface area contributed by atoms with Crippen LogP contribution in [0.1, 0.15) is 0 Å². The Kier molecular flexibility index (Phi) is 3.47. The molecule has 0 spiro atoms. The van der Waals surface area contributed by atoms with Gasteiger partial charge in [-0.3, -0.25) is 4.98 Å². The summed E-state index contributed by atoms with van der Waals surface area (Å²) in [4.78, 5) is 14.8. The van der Waals surface area contributed by atoms with E-state index in [0.29, 0.717) is 0 Å². The van der Waals surface area contributed by atoms with Gasteiger partial charge in [0.1, 0.15) is 0 Å². The zero-order valence-corrected chi connectivity index (χ0v) is 15.2. The summed E-state index contributed by atoms with van der Waals surface area (Å²) in [7, 11) is 4.07. The number of H-pyrrole nitrogens is 1. The number of nitrogens with zero attached hydrogens (tertiary/aromatic N) is 3. The maximum atomic E-state index is 4.88. The Labute approximate surface area is 156 Å². The highest BCUT2D eigenvalue weighted by Crippen LogP contribution is 2.35. The van der Waals surface area contributed by atoms with Gasteiger partial charge in [-0.05, 0) is 36.4 Å². The fourth-order valence-corrected chi connectivity index (χ4v) is 3.52. The van der Waals surface area contributed by atoms with Gasteiger partial charge in [-0.1, -0.05) is 18.2 Å². The summed E-state index contributed by atoms with van der Waals surface area (Å²) in [5.41, 5.74) is 5.18. The van der Waals surface area contributed by atoms with E-state index in [1.54, 1.807) is 6.20 Å². The van der Waals surface area contributed by atoms with Crippen LogP contribution in [-0.2, 0) is 0 Å². The van der Waals surface area contributed by atoms with Gasteiger partial charge in [0.2, 0.25) is 0 Å². The van der Waals surface area contributed by atoms with Crippen LogP contribution in [0.5, 0.6) is 0 Å². The molecule has 0 atom stereocenters. The number of benzene rings is 2. The summed E-state index contributed by atoms with van der Waals surface area (Å²) in [5, 5.41) is 6.87. The topological polar surface area (TPSA) is 56.8 Å². The predicted molar refractivity (Wildman–Crippen MR) is 113 cm³/mol. The first-order valence-corrected chi connectivity index (χ1v) is 8.89. The highest BCUT2D eigenvalue weighted by molar-refractivity contribution is 6.21. The second kappa shape index (κ2) is 5.99. The van der Waals surface area contributed by atoms with Crippen molar-refractivity contribution in [1.82, 2.24) is 15.0 Å². The number of nitrogens with one attached hydrogen (secondary N) is 2. The second-order valence-electron chi connectivity index (χ2n) is 6.84. The molecule has 0 aliphatic carbocycles. The summed E-state index contributed by atoms with van der Waals surface area (Å²) >= 11 is 0. The molecular weight excluding hydrogens is 334 g/mol. The molecule has 5 rings (SSSR count). The van der Waals surface area contributed by atoms with Crippen LogP contribution in [0.15, 0.2) is 67.0 Å². The lowest BCUT2D eigenvalue weighted by molar-refractivity contribution is 1.13. The van der Waals surface area contributed by atoms with Gasteiger partial charge >= 0.3 is 0 Å². The van der Waals surface area contributed by atoms with Crippen molar-refractivity contribution in [1.29, 1.82) is 0 Å². The smallest absolute Gasteiger partial charge is 0.155 e. The molecule has 0 bridgehead atoms. The van der Waals surface area contributed by atoms with Crippen LogP contribution in [0, 0.1) is 0 Å². The first-order chi connectivity index (χ1) is 13.2. The molecule has 0 saturated heterocycles. The number of rotatable bonds is 3. The molecule has 5 aromatic rings. The number of pyridine rings is 2. The molecule has 0 fully saturated rings. The van der Waals surface area contributed by atoms with E-state index in [1.807, 2.05) is 44.6 Å². The predicted octanol–water partition coefficient (Wildman–Crippen LogP) is 5.07. The number of para-hydroxylation sites is 1. The molecule has 0 aliphatic heterocycles. The van der Waals surface area contributed by atoms with Crippen molar-refractivity contribution in [3.63, 3.8) is 0 Å². The summed E-state index contributed by atoms with van der Waals surface area (Å²) in [6, 6.07) is 18.6. The molecule has 3 aromatic heterocycles. The largest absolute Gasteiger partial charge is 0.378 e. The van der Waals surface area contributed by atoms with Crippen LogP contribution in [-0.4, -0.2) is 29.0 Å². The number of hydrogen-bond donors (Lipinski definition) is 2. The maximum Gasteiger partial charge on any atom is 0.155 e. The summed E-state index contributed by atoms with van der Waals surface area (Å²) in [5.74, 6) is 0.817. The van der Waals surface area contributed by atoms with E-state index in [-0.39, 0.29) is 0 Å². The molecule has 132 valence electrons. The maximum absolute atomic E-state index is 4.88. The highest BCUT2D eigenvalue weighted by atomic mass is 15.1. The average molecular weight is 353 g/mol. The quantitative estimate of drug-likeness (QED) is 0.475. The molecule has 0 saturated carbocycles. The number of aromatic amines is 1. The van der Waals surface area contributed by atoms with E-state index < -0.39 is 0 Å². The Balaban J connectivity index is 1.73. The van der Waals surface area contributed by atoms with Crippen LogP contribution in [0.4, 0.5) is 17.2 Å². The first kappa shape index (κ1) is 15.6. The van der Waals surface area contributed by atoms with E-state index in [9.17, 15) is 0 Å². The van der Waals surface area contributed by atoms with Gasteiger partial charge in [0.25, 0.3) is 0 Å². The minimum atomic E-state index is 0.817. The molecule has 27 heavy (non-hydrogen) atoms. The van der Waals surface area contributed by atoms with Crippen molar-refractivity contribution in [2.75, 3.05) is 24.3 Å². The average Bonchev–Trinajstić information content (AvgIpc) is 3.09. The normalized spacial score (nSPS) is 11.3. The van der Waals surface area contributed by atoms with Crippen LogP contribution in [0.25, 0.3) is 32.7 Å². The first-order valence-electron chi connectivity index (χ1n) is 8.89. The molecule has 3 heterocycles. The Bertz CT molecular complexity index is 1270. The number of hydrogen-bond acceptors (Lipinski definition) is 4. The third kappa shape index (κ3) is 2.56. The van der Waals surface area contributed by atoms with E-state index in [2.05, 4.69) is 50.5 Å². The third-order valence-corrected chi connectivity index (χ3v) is 4.89. The molecule has 0 unspecified atom stereocenters. The SMILES string of the molecule is CN(C)c1ccc(Nc2nc3ccccc3c3c2[nH]c2ccncc23)cc1. The van der Waals surface area contributed by atoms with Crippen molar-refractivity contribution in [2.45, 2.75) is 0 Å². The van der Waals surface area contributed by atoms with E-state index in [1.165, 1.54) is 0 Å². The molecule has 5 heteroatoms. The van der Waals surface area contributed by atoms with Crippen molar-refractivity contribution < 1.29 is 0 Å². The van der Waals surface area contributed by atoms with Gasteiger partial charge in [0, 0.05) is 59.5 Å². The molecular formula is C22H19N5. The Hall–Kier alpha value is -3.60. The molecule has 0 amide bonds. The van der Waals surface area contributed by atoms with Crippen molar-refractivity contribution >= 4 is 49.9 Å². The van der Waals surface area contributed by atoms with Gasteiger partial charge in [-0.2, -0.15) is 0 Å². The fraction of sp³-hybridized carbons (Fsp3) is 0.0909. The minimum Gasteiger partial charge on any atom is -0.378 e. The molecule has 0 aliphatic rings. The molecule has 2 aromatic carbocycles. The Morgan fingerprint density at radius 2 is 1.74 bits per heavy atom. The van der Waals surface area contributed by atoms with Crippen LogP contribution < -0.4 is 10.2 Å². The Morgan fingerprint density at radius 1 is 0.926 bits per heavy atom. The summed E-state index contributed by atoms with van der Waals surface area (Å²) < 4.78 is 0. The van der Waals surface area contributed by atoms with E-state index in [0.717, 1.165) is 49.9 Å². The van der Waals surface area contributed by atoms with E-state index in [4.69, 9.17) is 4.98 Å². The zero-order chi connectivity index (χ0) is 18.4. The Morgan fingerprint density at radius 3 is 2.56 bits per heavy atom. The number of anilines is 3. The number of aromatic nitrogens is 3. The monoisotopic (exact) mass is 353 g/mol. The zero-order valence-electron chi connectivity index (χ0n) is 15.2. The van der Waals surface area contributed by atoms with Gasteiger partial charge in [0.05, 0.1) is 11.0 Å². The number of fused-ring (bicyclic) bond motifs is 5. The van der Waals surface area contributed by atoms with Crippen molar-refractivity contribution in [3.05, 3.63) is 67.0 Å². The standard InChI is InChI=1S/C22H19N5/c1-27(2)15-9-7-14(8-10-15)24-22-21-20(16-5-3-4-6-18(16)26-22)17-13-23-12-11-19(17)25-21/h3-13,25H,1-2H3,(H,24,26). The van der Waals surface area contributed by atoms with Crippen LogP contribution in [0.2, 0.25) is 0 Å². The fourth-order valence-electron chi connectivity index (χ4n) is 3.52. The lowest BCUT2D eigenvalue weighted by Gasteiger charge is -2.14. The second-order valence-corrected chi connectivity index (χ2v) is 6.84.